The Morgan fingerprint density at radius 1 is 0.963 bits per heavy atom. The van der Waals surface area contributed by atoms with Crippen molar-refractivity contribution in [3.63, 3.8) is 0 Å². The van der Waals surface area contributed by atoms with Crippen molar-refractivity contribution in [1.29, 1.82) is 0 Å². The van der Waals surface area contributed by atoms with Crippen molar-refractivity contribution >= 4 is 28.9 Å². The van der Waals surface area contributed by atoms with Crippen LogP contribution in [0.4, 0.5) is 11.4 Å². The van der Waals surface area contributed by atoms with Crippen molar-refractivity contribution in [2.75, 3.05) is 5.32 Å². The number of carbonyl (C=O) groups is 1. The summed E-state index contributed by atoms with van der Waals surface area (Å²) < 4.78 is 0. The Bertz CT molecular complexity index is 994. The lowest BCUT2D eigenvalue weighted by Crippen LogP contribution is -2.13. The Balaban J connectivity index is 1.96. The van der Waals surface area contributed by atoms with E-state index in [-0.39, 0.29) is 11.6 Å². The third-order valence-electron chi connectivity index (χ3n) is 4.02. The fourth-order valence-electron chi connectivity index (χ4n) is 2.68. The molecule has 5 heteroatoms. The van der Waals surface area contributed by atoms with Crippen LogP contribution in [0.5, 0.6) is 0 Å². The lowest BCUT2D eigenvalue weighted by atomic mass is 10.0. The number of nitrogens with zero attached hydrogens (tertiary/aromatic N) is 1. The van der Waals surface area contributed by atoms with Gasteiger partial charge < -0.3 is 5.32 Å². The maximum Gasteiger partial charge on any atom is 0.269 e. The lowest BCUT2D eigenvalue weighted by Gasteiger charge is -2.10. The molecule has 5 nitrogen and oxygen atoms in total. The molecule has 0 radical (unpaired) electrons. The molecule has 3 aromatic carbocycles. The molecule has 3 aromatic rings. The molecule has 0 saturated heterocycles. The van der Waals surface area contributed by atoms with Crippen molar-refractivity contribution < 1.29 is 9.72 Å². The zero-order valence-electron chi connectivity index (χ0n) is 14.8. The molecule has 0 bridgehead atoms. The van der Waals surface area contributed by atoms with Gasteiger partial charge in [-0.15, -0.1) is 0 Å². The van der Waals surface area contributed by atoms with Crippen molar-refractivity contribution in [3.8, 4) is 0 Å². The number of anilines is 1. The molecule has 0 fully saturated rings. The first-order valence-electron chi connectivity index (χ1n) is 8.42. The highest BCUT2D eigenvalue weighted by Gasteiger charge is 2.13. The first-order valence-corrected chi connectivity index (χ1v) is 8.42. The summed E-state index contributed by atoms with van der Waals surface area (Å²) in [4.78, 5) is 23.3. The van der Waals surface area contributed by atoms with Crippen LogP contribution in [0.1, 0.15) is 16.7 Å². The van der Waals surface area contributed by atoms with E-state index < -0.39 is 4.92 Å². The average Bonchev–Trinajstić information content (AvgIpc) is 2.67. The zero-order valence-corrected chi connectivity index (χ0v) is 14.8. The van der Waals surface area contributed by atoms with Gasteiger partial charge in [-0.3, -0.25) is 14.9 Å². The molecule has 0 heterocycles. The Morgan fingerprint density at radius 3 is 2.30 bits per heavy atom. The molecule has 134 valence electrons. The molecule has 3 rings (SSSR count). The van der Waals surface area contributed by atoms with Gasteiger partial charge in [-0.2, -0.15) is 0 Å². The molecule has 0 saturated carbocycles. The first kappa shape index (κ1) is 18.1. The summed E-state index contributed by atoms with van der Waals surface area (Å²) in [6.45, 7) is 1.96. The minimum atomic E-state index is -0.448. The molecule has 0 atom stereocenters. The number of non-ortho nitro benzene ring substituents is 1. The minimum absolute atomic E-state index is 0.0117. The van der Waals surface area contributed by atoms with Gasteiger partial charge in [0.25, 0.3) is 11.6 Å². The standard InChI is InChI=1S/C22H18N2O3/c1-16-6-5-9-19(14-16)23-22(25)21(18-7-3-2-4-8-18)15-17-10-12-20(13-11-17)24(26)27/h2-15H,1H3,(H,23,25)/b21-15+. The van der Waals surface area contributed by atoms with E-state index in [1.165, 1.54) is 12.1 Å². The van der Waals surface area contributed by atoms with Crippen LogP contribution < -0.4 is 5.32 Å². The van der Waals surface area contributed by atoms with Gasteiger partial charge in [-0.25, -0.2) is 0 Å². The van der Waals surface area contributed by atoms with E-state index in [9.17, 15) is 14.9 Å². The van der Waals surface area contributed by atoms with Gasteiger partial charge in [0.1, 0.15) is 0 Å². The molecular formula is C22H18N2O3. The van der Waals surface area contributed by atoms with Crippen LogP contribution in [-0.4, -0.2) is 10.8 Å². The molecule has 0 aromatic heterocycles. The van der Waals surface area contributed by atoms with E-state index in [2.05, 4.69) is 5.32 Å². The summed E-state index contributed by atoms with van der Waals surface area (Å²) >= 11 is 0. The van der Waals surface area contributed by atoms with Crippen LogP contribution in [0.25, 0.3) is 11.6 Å². The second kappa shape index (κ2) is 8.10. The summed E-state index contributed by atoms with van der Waals surface area (Å²) in [7, 11) is 0. The fourth-order valence-corrected chi connectivity index (χ4v) is 2.68. The normalized spacial score (nSPS) is 11.1. The number of rotatable bonds is 5. The largest absolute Gasteiger partial charge is 0.322 e. The monoisotopic (exact) mass is 358 g/mol. The van der Waals surface area contributed by atoms with Crippen LogP contribution in [0.3, 0.4) is 0 Å². The number of amides is 1. The number of hydrogen-bond donors (Lipinski definition) is 1. The van der Waals surface area contributed by atoms with Crippen molar-refractivity contribution in [3.05, 3.63) is 106 Å². The van der Waals surface area contributed by atoms with Crippen LogP contribution in [0.15, 0.2) is 78.9 Å². The Hall–Kier alpha value is -3.73. The molecule has 0 aliphatic heterocycles. The lowest BCUT2D eigenvalue weighted by molar-refractivity contribution is -0.384. The van der Waals surface area contributed by atoms with Gasteiger partial charge >= 0.3 is 0 Å². The molecule has 0 aliphatic rings. The van der Waals surface area contributed by atoms with Crippen molar-refractivity contribution in [2.24, 2.45) is 0 Å². The van der Waals surface area contributed by atoms with Gasteiger partial charge in [0.15, 0.2) is 0 Å². The molecule has 0 aliphatic carbocycles. The number of nitro groups is 1. The Labute approximate surface area is 157 Å². The maximum absolute atomic E-state index is 12.9. The smallest absolute Gasteiger partial charge is 0.269 e. The predicted molar refractivity (Wildman–Crippen MR) is 107 cm³/mol. The van der Waals surface area contributed by atoms with Crippen LogP contribution in [0.2, 0.25) is 0 Å². The highest BCUT2D eigenvalue weighted by Crippen LogP contribution is 2.22. The number of nitro benzene ring substituents is 1. The highest BCUT2D eigenvalue weighted by atomic mass is 16.6. The van der Waals surface area contributed by atoms with E-state index in [0.29, 0.717) is 16.8 Å². The summed E-state index contributed by atoms with van der Waals surface area (Å²) in [5.41, 5.74) is 3.72. The highest BCUT2D eigenvalue weighted by molar-refractivity contribution is 6.29. The van der Waals surface area contributed by atoms with E-state index in [4.69, 9.17) is 0 Å². The van der Waals surface area contributed by atoms with E-state index in [1.807, 2.05) is 61.5 Å². The van der Waals surface area contributed by atoms with Gasteiger partial charge in [0.05, 0.1) is 4.92 Å². The number of hydrogen-bond acceptors (Lipinski definition) is 3. The molecule has 1 N–H and O–H groups in total. The summed E-state index contributed by atoms with van der Waals surface area (Å²) in [6.07, 6.45) is 1.73. The summed E-state index contributed by atoms with van der Waals surface area (Å²) in [6, 6.07) is 23.0. The minimum Gasteiger partial charge on any atom is -0.322 e. The average molecular weight is 358 g/mol. The number of aryl methyl sites for hydroxylation is 1. The molecule has 0 spiro atoms. The van der Waals surface area contributed by atoms with Gasteiger partial charge in [0.2, 0.25) is 0 Å². The third kappa shape index (κ3) is 4.67. The second-order valence-electron chi connectivity index (χ2n) is 6.10. The second-order valence-corrected chi connectivity index (χ2v) is 6.10. The quantitative estimate of drug-likeness (QED) is 0.299. The third-order valence-corrected chi connectivity index (χ3v) is 4.02. The van der Waals surface area contributed by atoms with Crippen LogP contribution >= 0.6 is 0 Å². The topological polar surface area (TPSA) is 72.2 Å². The Morgan fingerprint density at radius 2 is 1.67 bits per heavy atom. The van der Waals surface area contributed by atoms with E-state index in [0.717, 1.165) is 11.1 Å². The molecular weight excluding hydrogens is 340 g/mol. The van der Waals surface area contributed by atoms with Gasteiger partial charge in [-0.1, -0.05) is 42.5 Å². The number of benzene rings is 3. The maximum atomic E-state index is 12.9. The molecule has 27 heavy (non-hydrogen) atoms. The van der Waals surface area contributed by atoms with Crippen molar-refractivity contribution in [1.82, 2.24) is 0 Å². The van der Waals surface area contributed by atoms with Crippen molar-refractivity contribution in [2.45, 2.75) is 6.92 Å². The van der Waals surface area contributed by atoms with Gasteiger partial charge in [0, 0.05) is 23.4 Å². The van der Waals surface area contributed by atoms with E-state index in [1.54, 1.807) is 18.2 Å². The Kier molecular flexibility index (Phi) is 5.42. The molecule has 1 amide bonds. The fraction of sp³-hybridized carbons (Fsp3) is 0.0455. The summed E-state index contributed by atoms with van der Waals surface area (Å²) in [5, 5.41) is 13.7. The molecule has 0 unspecified atom stereocenters. The SMILES string of the molecule is Cc1cccc(NC(=O)/C(=C/c2ccc([N+](=O)[O-])cc2)c2ccccc2)c1. The number of carbonyl (C=O) groups excluding carboxylic acids is 1. The predicted octanol–water partition coefficient (Wildman–Crippen LogP) is 5.08. The van der Waals surface area contributed by atoms with Gasteiger partial charge in [-0.05, 0) is 54.0 Å². The zero-order chi connectivity index (χ0) is 19.2. The van der Waals surface area contributed by atoms with Crippen LogP contribution in [0, 0.1) is 17.0 Å². The van der Waals surface area contributed by atoms with Crippen LogP contribution in [-0.2, 0) is 4.79 Å². The number of nitrogens with one attached hydrogen (secondary N) is 1. The first-order chi connectivity index (χ1) is 13.0. The summed E-state index contributed by atoms with van der Waals surface area (Å²) in [5.74, 6) is -0.245. The van der Waals surface area contributed by atoms with E-state index >= 15 is 0 Å².